The highest BCUT2D eigenvalue weighted by atomic mass is 16.5. The first-order valence-electron chi connectivity index (χ1n) is 7.77. The van der Waals surface area contributed by atoms with E-state index in [-0.39, 0.29) is 0 Å². The van der Waals surface area contributed by atoms with Gasteiger partial charge >= 0.3 is 0 Å². The van der Waals surface area contributed by atoms with Crippen molar-refractivity contribution in [3.63, 3.8) is 0 Å². The molecule has 1 aliphatic rings. The number of methoxy groups -OCH3 is 1. The smallest absolute Gasteiger partial charge is 0.191 e. The molecular weight excluding hydrogens is 254 g/mol. The zero-order valence-corrected chi connectivity index (χ0v) is 13.3. The summed E-state index contributed by atoms with van der Waals surface area (Å²) in [6.45, 7) is 6.18. The second-order valence-electron chi connectivity index (χ2n) is 5.50. The molecule has 0 atom stereocenters. The molecule has 1 aliphatic carbocycles. The van der Waals surface area contributed by atoms with Gasteiger partial charge in [0.2, 0.25) is 0 Å². The Morgan fingerprint density at radius 1 is 1.20 bits per heavy atom. The van der Waals surface area contributed by atoms with E-state index in [1.54, 1.807) is 7.11 Å². The van der Waals surface area contributed by atoms with Gasteiger partial charge in [0.15, 0.2) is 5.96 Å². The minimum Gasteiger partial charge on any atom is -0.383 e. The minimum atomic E-state index is 0.383. The fourth-order valence-corrected chi connectivity index (χ4v) is 2.84. The van der Waals surface area contributed by atoms with Crippen molar-refractivity contribution >= 4 is 5.96 Å². The molecular formula is C15H31N3O2. The van der Waals surface area contributed by atoms with Gasteiger partial charge in [0.05, 0.1) is 6.61 Å². The lowest BCUT2D eigenvalue weighted by Crippen LogP contribution is -2.44. The molecule has 0 spiro atoms. The van der Waals surface area contributed by atoms with Crippen LogP contribution in [-0.4, -0.2) is 53.0 Å². The van der Waals surface area contributed by atoms with Gasteiger partial charge in [-0.05, 0) is 31.6 Å². The number of aliphatic imine (C=N–C) groups is 1. The van der Waals surface area contributed by atoms with E-state index in [0.717, 1.165) is 38.7 Å². The van der Waals surface area contributed by atoms with Crippen LogP contribution in [0.4, 0.5) is 0 Å². The predicted octanol–water partition coefficient (Wildman–Crippen LogP) is 1.78. The molecule has 0 heterocycles. The lowest BCUT2D eigenvalue weighted by Gasteiger charge is -2.30. The SMILES string of the molecule is CCOCCC1(CNC(=NC)NCCOC)CCCC1. The van der Waals surface area contributed by atoms with Crippen LogP contribution in [0.5, 0.6) is 0 Å². The molecule has 1 saturated carbocycles. The minimum absolute atomic E-state index is 0.383. The van der Waals surface area contributed by atoms with E-state index < -0.39 is 0 Å². The summed E-state index contributed by atoms with van der Waals surface area (Å²) in [6, 6.07) is 0. The van der Waals surface area contributed by atoms with Gasteiger partial charge in [-0.15, -0.1) is 0 Å². The third-order valence-electron chi connectivity index (χ3n) is 4.10. The summed E-state index contributed by atoms with van der Waals surface area (Å²) >= 11 is 0. The molecule has 0 bridgehead atoms. The van der Waals surface area contributed by atoms with Crippen LogP contribution in [0, 0.1) is 5.41 Å². The van der Waals surface area contributed by atoms with E-state index in [1.807, 2.05) is 7.05 Å². The van der Waals surface area contributed by atoms with Crippen molar-refractivity contribution in [2.24, 2.45) is 10.4 Å². The van der Waals surface area contributed by atoms with Crippen LogP contribution >= 0.6 is 0 Å². The number of hydrogen-bond donors (Lipinski definition) is 2. The van der Waals surface area contributed by atoms with Gasteiger partial charge in [-0.25, -0.2) is 0 Å². The van der Waals surface area contributed by atoms with Gasteiger partial charge in [0.25, 0.3) is 0 Å². The van der Waals surface area contributed by atoms with Crippen LogP contribution in [0.1, 0.15) is 39.0 Å². The van der Waals surface area contributed by atoms with E-state index in [4.69, 9.17) is 9.47 Å². The van der Waals surface area contributed by atoms with Crippen LogP contribution < -0.4 is 10.6 Å². The quantitative estimate of drug-likeness (QED) is 0.385. The zero-order chi connectivity index (χ0) is 14.7. The second-order valence-corrected chi connectivity index (χ2v) is 5.50. The summed E-state index contributed by atoms with van der Waals surface area (Å²) in [7, 11) is 3.52. The molecule has 1 fully saturated rings. The van der Waals surface area contributed by atoms with Crippen molar-refractivity contribution in [2.75, 3.05) is 47.1 Å². The van der Waals surface area contributed by atoms with Gasteiger partial charge in [-0.2, -0.15) is 0 Å². The molecule has 20 heavy (non-hydrogen) atoms. The van der Waals surface area contributed by atoms with Crippen molar-refractivity contribution in [2.45, 2.75) is 39.0 Å². The molecule has 0 amide bonds. The first-order chi connectivity index (χ1) is 9.76. The van der Waals surface area contributed by atoms with Crippen LogP contribution in [0.3, 0.4) is 0 Å². The second kappa shape index (κ2) is 10.00. The molecule has 0 aromatic carbocycles. The Hall–Kier alpha value is -0.810. The molecule has 0 aromatic rings. The molecule has 118 valence electrons. The molecule has 2 N–H and O–H groups in total. The number of guanidine groups is 1. The number of hydrogen-bond acceptors (Lipinski definition) is 3. The highest BCUT2D eigenvalue weighted by Gasteiger charge is 2.33. The Morgan fingerprint density at radius 3 is 2.55 bits per heavy atom. The molecule has 0 aliphatic heterocycles. The fraction of sp³-hybridized carbons (Fsp3) is 0.933. The van der Waals surface area contributed by atoms with Gasteiger partial charge in [-0.3, -0.25) is 4.99 Å². The Kier molecular flexibility index (Phi) is 8.62. The largest absolute Gasteiger partial charge is 0.383 e. The average molecular weight is 285 g/mol. The molecule has 0 radical (unpaired) electrons. The van der Waals surface area contributed by atoms with E-state index in [0.29, 0.717) is 12.0 Å². The van der Waals surface area contributed by atoms with Crippen LogP contribution in [0.15, 0.2) is 4.99 Å². The van der Waals surface area contributed by atoms with E-state index in [9.17, 15) is 0 Å². The topological polar surface area (TPSA) is 54.9 Å². The Bertz CT molecular complexity index is 276. The monoisotopic (exact) mass is 285 g/mol. The average Bonchev–Trinajstić information content (AvgIpc) is 2.92. The third kappa shape index (κ3) is 6.09. The summed E-state index contributed by atoms with van der Waals surface area (Å²) in [5.74, 6) is 0.865. The maximum atomic E-state index is 5.54. The number of nitrogens with one attached hydrogen (secondary N) is 2. The highest BCUT2D eigenvalue weighted by molar-refractivity contribution is 5.79. The summed E-state index contributed by atoms with van der Waals surface area (Å²) in [4.78, 5) is 4.26. The lowest BCUT2D eigenvalue weighted by atomic mass is 9.83. The highest BCUT2D eigenvalue weighted by Crippen LogP contribution is 2.40. The Labute approximate surface area is 123 Å². The standard InChI is InChI=1S/C15H31N3O2/c1-4-20-11-9-15(7-5-6-8-15)13-18-14(16-2)17-10-12-19-3/h4-13H2,1-3H3,(H2,16,17,18). The molecule has 5 heteroatoms. The van der Waals surface area contributed by atoms with E-state index in [1.165, 1.54) is 25.7 Å². The van der Waals surface area contributed by atoms with Crippen molar-refractivity contribution < 1.29 is 9.47 Å². The lowest BCUT2D eigenvalue weighted by molar-refractivity contribution is 0.105. The number of nitrogens with zero attached hydrogens (tertiary/aromatic N) is 1. The first-order valence-corrected chi connectivity index (χ1v) is 7.77. The molecule has 0 unspecified atom stereocenters. The third-order valence-corrected chi connectivity index (χ3v) is 4.10. The van der Waals surface area contributed by atoms with Gasteiger partial charge in [-0.1, -0.05) is 12.8 Å². The maximum Gasteiger partial charge on any atom is 0.191 e. The normalized spacial score (nSPS) is 18.2. The van der Waals surface area contributed by atoms with E-state index >= 15 is 0 Å². The summed E-state index contributed by atoms with van der Waals surface area (Å²) < 4.78 is 10.6. The van der Waals surface area contributed by atoms with Gasteiger partial charge in [0.1, 0.15) is 0 Å². The van der Waals surface area contributed by atoms with Crippen molar-refractivity contribution in [3.8, 4) is 0 Å². The maximum absolute atomic E-state index is 5.54. The van der Waals surface area contributed by atoms with Crippen molar-refractivity contribution in [3.05, 3.63) is 0 Å². The summed E-state index contributed by atoms with van der Waals surface area (Å²) in [5, 5.41) is 6.73. The van der Waals surface area contributed by atoms with E-state index in [2.05, 4.69) is 22.5 Å². The van der Waals surface area contributed by atoms with Crippen LogP contribution in [0.2, 0.25) is 0 Å². The molecule has 1 rings (SSSR count). The fourth-order valence-electron chi connectivity index (χ4n) is 2.84. The zero-order valence-electron chi connectivity index (χ0n) is 13.3. The van der Waals surface area contributed by atoms with Crippen LogP contribution in [0.25, 0.3) is 0 Å². The molecule has 0 saturated heterocycles. The molecule has 0 aromatic heterocycles. The van der Waals surface area contributed by atoms with Gasteiger partial charge in [0, 0.05) is 40.5 Å². The predicted molar refractivity (Wildman–Crippen MR) is 83.3 cm³/mol. The Morgan fingerprint density at radius 2 is 1.95 bits per heavy atom. The number of ether oxygens (including phenoxy) is 2. The first kappa shape index (κ1) is 17.2. The summed E-state index contributed by atoms with van der Waals surface area (Å²) in [6.07, 6.45) is 6.40. The molecule has 5 nitrogen and oxygen atoms in total. The van der Waals surface area contributed by atoms with Crippen molar-refractivity contribution in [1.29, 1.82) is 0 Å². The number of rotatable bonds is 9. The van der Waals surface area contributed by atoms with Crippen molar-refractivity contribution in [1.82, 2.24) is 10.6 Å². The summed E-state index contributed by atoms with van der Waals surface area (Å²) in [5.41, 5.74) is 0.383. The van der Waals surface area contributed by atoms with Crippen LogP contribution in [-0.2, 0) is 9.47 Å². The van der Waals surface area contributed by atoms with Gasteiger partial charge < -0.3 is 20.1 Å². The Balaban J connectivity index is 2.37.